The Morgan fingerprint density at radius 3 is 2.56 bits per heavy atom. The second-order valence-electron chi connectivity index (χ2n) is 5.35. The number of ether oxygens (including phenoxy) is 2. The molecule has 0 atom stereocenters. The molecular formula is C20H17IN2O4. The molecule has 0 spiro atoms. The van der Waals surface area contributed by atoms with Gasteiger partial charge in [-0.3, -0.25) is 9.59 Å². The van der Waals surface area contributed by atoms with Crippen molar-refractivity contribution in [2.75, 3.05) is 11.9 Å². The SMILES string of the molecule is CCOc1cc(/C=C(\C#N)C(=O)Nc2ccccc2)cc(I)c1OC(C)=O. The predicted molar refractivity (Wildman–Crippen MR) is 110 cm³/mol. The van der Waals surface area contributed by atoms with E-state index in [0.29, 0.717) is 32.9 Å². The number of halogens is 1. The summed E-state index contributed by atoms with van der Waals surface area (Å²) in [6, 6.07) is 14.1. The fourth-order valence-electron chi connectivity index (χ4n) is 2.21. The number of rotatable bonds is 6. The van der Waals surface area contributed by atoms with E-state index in [0.717, 1.165) is 0 Å². The molecule has 0 saturated carbocycles. The quantitative estimate of drug-likeness (QED) is 0.223. The lowest BCUT2D eigenvalue weighted by Gasteiger charge is -2.13. The Hall–Kier alpha value is -2.86. The highest BCUT2D eigenvalue weighted by atomic mass is 127. The van der Waals surface area contributed by atoms with Gasteiger partial charge >= 0.3 is 5.97 Å². The maximum absolute atomic E-state index is 12.4. The lowest BCUT2D eigenvalue weighted by atomic mass is 10.1. The van der Waals surface area contributed by atoms with Crippen LogP contribution in [0.1, 0.15) is 19.4 Å². The Balaban J connectivity index is 2.35. The van der Waals surface area contributed by atoms with E-state index < -0.39 is 11.9 Å². The molecule has 1 amide bonds. The molecule has 0 fully saturated rings. The summed E-state index contributed by atoms with van der Waals surface area (Å²) in [6.45, 7) is 3.49. The first-order valence-corrected chi connectivity index (χ1v) is 9.15. The lowest BCUT2D eigenvalue weighted by molar-refractivity contribution is -0.132. The van der Waals surface area contributed by atoms with Crippen LogP contribution in [0.2, 0.25) is 0 Å². The van der Waals surface area contributed by atoms with Crippen LogP contribution in [-0.2, 0) is 9.59 Å². The summed E-state index contributed by atoms with van der Waals surface area (Å²) >= 11 is 2.01. The molecule has 0 aliphatic heterocycles. The number of nitrogens with zero attached hydrogens (tertiary/aromatic N) is 1. The average Bonchev–Trinajstić information content (AvgIpc) is 2.63. The Kier molecular flexibility index (Phi) is 7.37. The maximum Gasteiger partial charge on any atom is 0.308 e. The fraction of sp³-hybridized carbons (Fsp3) is 0.150. The molecule has 2 aromatic rings. The molecule has 0 saturated heterocycles. The van der Waals surface area contributed by atoms with Crippen molar-refractivity contribution in [2.24, 2.45) is 0 Å². The molecule has 0 bridgehead atoms. The second-order valence-corrected chi connectivity index (χ2v) is 6.51. The summed E-state index contributed by atoms with van der Waals surface area (Å²) < 4.78 is 11.4. The van der Waals surface area contributed by atoms with Gasteiger partial charge in [-0.2, -0.15) is 5.26 Å². The molecule has 7 heteroatoms. The fourth-order valence-corrected chi connectivity index (χ4v) is 2.95. The van der Waals surface area contributed by atoms with Gasteiger partial charge in [0.25, 0.3) is 5.91 Å². The van der Waals surface area contributed by atoms with E-state index >= 15 is 0 Å². The normalized spacial score (nSPS) is 10.7. The van der Waals surface area contributed by atoms with Crippen LogP contribution in [-0.4, -0.2) is 18.5 Å². The van der Waals surface area contributed by atoms with E-state index in [4.69, 9.17) is 9.47 Å². The molecule has 27 heavy (non-hydrogen) atoms. The average molecular weight is 476 g/mol. The molecule has 0 unspecified atom stereocenters. The Morgan fingerprint density at radius 1 is 1.26 bits per heavy atom. The molecule has 1 N–H and O–H groups in total. The number of hydrogen-bond acceptors (Lipinski definition) is 5. The number of esters is 1. The van der Waals surface area contributed by atoms with Gasteiger partial charge in [0.1, 0.15) is 11.6 Å². The minimum Gasteiger partial charge on any atom is -0.490 e. The lowest BCUT2D eigenvalue weighted by Crippen LogP contribution is -2.13. The number of benzene rings is 2. The summed E-state index contributed by atoms with van der Waals surface area (Å²) in [5, 5.41) is 12.0. The Bertz CT molecular complexity index is 918. The summed E-state index contributed by atoms with van der Waals surface area (Å²) in [7, 11) is 0. The van der Waals surface area contributed by atoms with Gasteiger partial charge in [0, 0.05) is 12.6 Å². The van der Waals surface area contributed by atoms with E-state index in [1.165, 1.54) is 13.0 Å². The summed E-state index contributed by atoms with van der Waals surface area (Å²) in [4.78, 5) is 23.7. The van der Waals surface area contributed by atoms with E-state index in [1.807, 2.05) is 34.7 Å². The van der Waals surface area contributed by atoms with Gasteiger partial charge in [-0.05, 0) is 65.4 Å². The van der Waals surface area contributed by atoms with Gasteiger partial charge in [0.2, 0.25) is 0 Å². The Labute approximate surface area is 170 Å². The topological polar surface area (TPSA) is 88.4 Å². The van der Waals surface area contributed by atoms with Gasteiger partial charge in [0.15, 0.2) is 11.5 Å². The highest BCUT2D eigenvalue weighted by Gasteiger charge is 2.15. The summed E-state index contributed by atoms with van der Waals surface area (Å²) in [6.07, 6.45) is 1.46. The monoisotopic (exact) mass is 476 g/mol. The first-order chi connectivity index (χ1) is 12.9. The van der Waals surface area contributed by atoms with E-state index in [9.17, 15) is 14.9 Å². The predicted octanol–water partition coefficient (Wildman–Crippen LogP) is 4.16. The van der Waals surface area contributed by atoms with E-state index in [2.05, 4.69) is 5.32 Å². The molecule has 0 aliphatic carbocycles. The molecule has 0 heterocycles. The minimum atomic E-state index is -0.513. The smallest absolute Gasteiger partial charge is 0.308 e. The first-order valence-electron chi connectivity index (χ1n) is 8.07. The van der Waals surface area contributed by atoms with Gasteiger partial charge in [0.05, 0.1) is 10.2 Å². The molecule has 2 rings (SSSR count). The van der Waals surface area contributed by atoms with Gasteiger partial charge in [-0.15, -0.1) is 0 Å². The van der Waals surface area contributed by atoms with Crippen molar-refractivity contribution in [1.82, 2.24) is 0 Å². The van der Waals surface area contributed by atoms with Crippen LogP contribution < -0.4 is 14.8 Å². The van der Waals surface area contributed by atoms with Crippen molar-refractivity contribution in [3.63, 3.8) is 0 Å². The first kappa shape index (κ1) is 20.5. The van der Waals surface area contributed by atoms with Crippen molar-refractivity contribution in [3.8, 4) is 17.6 Å². The van der Waals surface area contributed by atoms with Crippen LogP contribution in [0.4, 0.5) is 5.69 Å². The number of anilines is 1. The van der Waals surface area contributed by atoms with Crippen LogP contribution in [0.25, 0.3) is 6.08 Å². The van der Waals surface area contributed by atoms with E-state index in [1.54, 1.807) is 43.3 Å². The van der Waals surface area contributed by atoms with Crippen molar-refractivity contribution in [2.45, 2.75) is 13.8 Å². The molecule has 138 valence electrons. The molecular weight excluding hydrogens is 459 g/mol. The van der Waals surface area contributed by atoms with Gasteiger partial charge < -0.3 is 14.8 Å². The molecule has 0 aromatic heterocycles. The largest absolute Gasteiger partial charge is 0.490 e. The third-order valence-electron chi connectivity index (χ3n) is 3.29. The van der Waals surface area contributed by atoms with Crippen LogP contribution >= 0.6 is 22.6 Å². The number of hydrogen-bond donors (Lipinski definition) is 1. The molecule has 0 radical (unpaired) electrons. The standard InChI is InChI=1S/C20H17IN2O4/c1-3-26-18-11-14(10-17(21)19(18)27-13(2)24)9-15(12-22)20(25)23-16-7-5-4-6-8-16/h4-11H,3H2,1-2H3,(H,23,25)/b15-9+. The summed E-state index contributed by atoms with van der Waals surface area (Å²) in [5.41, 5.74) is 1.12. The zero-order chi connectivity index (χ0) is 19.8. The molecule has 0 aliphatic rings. The second kappa shape index (κ2) is 9.73. The van der Waals surface area contributed by atoms with Crippen LogP contribution in [0, 0.1) is 14.9 Å². The molecule has 2 aromatic carbocycles. The number of nitriles is 1. The van der Waals surface area contributed by atoms with Gasteiger partial charge in [-0.1, -0.05) is 18.2 Å². The van der Waals surface area contributed by atoms with Crippen LogP contribution in [0.3, 0.4) is 0 Å². The van der Waals surface area contributed by atoms with Crippen molar-refractivity contribution in [3.05, 3.63) is 57.2 Å². The zero-order valence-corrected chi connectivity index (χ0v) is 16.9. The Morgan fingerprint density at radius 2 is 1.96 bits per heavy atom. The van der Waals surface area contributed by atoms with E-state index in [-0.39, 0.29) is 5.57 Å². The highest BCUT2D eigenvalue weighted by molar-refractivity contribution is 14.1. The highest BCUT2D eigenvalue weighted by Crippen LogP contribution is 2.35. The van der Waals surface area contributed by atoms with Crippen molar-refractivity contribution >= 4 is 46.2 Å². The summed E-state index contributed by atoms with van der Waals surface area (Å²) in [5.74, 6) is -0.293. The number of carbonyl (C=O) groups is 2. The number of amides is 1. The maximum atomic E-state index is 12.4. The minimum absolute atomic E-state index is 0.0580. The zero-order valence-electron chi connectivity index (χ0n) is 14.8. The van der Waals surface area contributed by atoms with Crippen molar-refractivity contribution < 1.29 is 19.1 Å². The number of para-hydroxylation sites is 1. The third-order valence-corrected chi connectivity index (χ3v) is 4.09. The number of carbonyl (C=O) groups excluding carboxylic acids is 2. The third kappa shape index (κ3) is 5.82. The molecule has 6 nitrogen and oxygen atoms in total. The van der Waals surface area contributed by atoms with Crippen LogP contribution in [0.15, 0.2) is 48.0 Å². The van der Waals surface area contributed by atoms with Gasteiger partial charge in [-0.25, -0.2) is 0 Å². The van der Waals surface area contributed by atoms with Crippen LogP contribution in [0.5, 0.6) is 11.5 Å². The number of nitrogens with one attached hydrogen (secondary N) is 1. The van der Waals surface area contributed by atoms with Crippen molar-refractivity contribution in [1.29, 1.82) is 5.26 Å².